The van der Waals surface area contributed by atoms with Crippen molar-refractivity contribution in [3.8, 4) is 17.6 Å². The Labute approximate surface area is 196 Å². The largest absolute Gasteiger partial charge is 0.489 e. The van der Waals surface area contributed by atoms with E-state index in [0.29, 0.717) is 6.61 Å². The van der Waals surface area contributed by atoms with Crippen LogP contribution < -0.4 is 15.4 Å². The van der Waals surface area contributed by atoms with Gasteiger partial charge in [0.1, 0.15) is 24.5 Å². The summed E-state index contributed by atoms with van der Waals surface area (Å²) in [4.78, 5) is 9.84. The molecule has 0 aliphatic carbocycles. The average molecular weight is 459 g/mol. The SMILES string of the molecule is Cc1cc(Nc2ncnc3cc(C#CC4CCCN4)sc23)ccc1OCc1cccc(F)c1. The van der Waals surface area contributed by atoms with E-state index in [2.05, 4.69) is 32.4 Å². The van der Waals surface area contributed by atoms with Crippen LogP contribution in [0.3, 0.4) is 0 Å². The lowest BCUT2D eigenvalue weighted by Gasteiger charge is -2.12. The van der Waals surface area contributed by atoms with Gasteiger partial charge in [-0.1, -0.05) is 24.0 Å². The number of anilines is 2. The maximum Gasteiger partial charge on any atom is 0.151 e. The number of halogens is 1. The highest BCUT2D eigenvalue weighted by molar-refractivity contribution is 7.20. The fourth-order valence-corrected chi connectivity index (χ4v) is 4.70. The highest BCUT2D eigenvalue weighted by Gasteiger charge is 2.12. The molecule has 4 aromatic rings. The van der Waals surface area contributed by atoms with Crippen molar-refractivity contribution in [3.63, 3.8) is 0 Å². The van der Waals surface area contributed by atoms with Gasteiger partial charge < -0.3 is 15.4 Å². The van der Waals surface area contributed by atoms with Crippen molar-refractivity contribution in [1.82, 2.24) is 15.3 Å². The van der Waals surface area contributed by atoms with Crippen LogP contribution in [-0.2, 0) is 6.61 Å². The van der Waals surface area contributed by atoms with E-state index < -0.39 is 0 Å². The number of thiophene rings is 1. The van der Waals surface area contributed by atoms with Gasteiger partial charge in [-0.2, -0.15) is 0 Å². The molecule has 0 radical (unpaired) electrons. The quantitative estimate of drug-likeness (QED) is 0.383. The van der Waals surface area contributed by atoms with Crippen LogP contribution >= 0.6 is 11.3 Å². The number of hydrogen-bond acceptors (Lipinski definition) is 6. The molecule has 1 atom stereocenters. The smallest absolute Gasteiger partial charge is 0.151 e. The van der Waals surface area contributed by atoms with Gasteiger partial charge in [0.15, 0.2) is 5.82 Å². The second kappa shape index (κ2) is 9.57. The maximum absolute atomic E-state index is 13.4. The highest BCUT2D eigenvalue weighted by atomic mass is 32.1. The van der Waals surface area contributed by atoms with Gasteiger partial charge in [-0.05, 0) is 73.8 Å². The zero-order chi connectivity index (χ0) is 22.6. The van der Waals surface area contributed by atoms with Crippen LogP contribution in [0, 0.1) is 24.6 Å². The average Bonchev–Trinajstić information content (AvgIpc) is 3.47. The van der Waals surface area contributed by atoms with Crippen molar-refractivity contribution in [2.24, 2.45) is 0 Å². The summed E-state index contributed by atoms with van der Waals surface area (Å²) < 4.78 is 20.2. The summed E-state index contributed by atoms with van der Waals surface area (Å²) in [7, 11) is 0. The van der Waals surface area contributed by atoms with E-state index in [4.69, 9.17) is 4.74 Å². The molecule has 7 heteroatoms. The monoisotopic (exact) mass is 458 g/mol. The van der Waals surface area contributed by atoms with E-state index in [-0.39, 0.29) is 11.9 Å². The summed E-state index contributed by atoms with van der Waals surface area (Å²) >= 11 is 1.60. The van der Waals surface area contributed by atoms with Gasteiger partial charge >= 0.3 is 0 Å². The topological polar surface area (TPSA) is 59.1 Å². The van der Waals surface area contributed by atoms with Gasteiger partial charge in [-0.25, -0.2) is 14.4 Å². The molecule has 3 heterocycles. The lowest BCUT2D eigenvalue weighted by molar-refractivity contribution is 0.303. The minimum absolute atomic E-state index is 0.263. The van der Waals surface area contributed by atoms with E-state index in [9.17, 15) is 4.39 Å². The standard InChI is InChI=1S/C26H23FN4OS/c1-17-12-21(8-10-24(17)32-15-18-4-2-5-19(27)13-18)31-26-25-23(29-16-30-26)14-22(33-25)9-7-20-6-3-11-28-20/h2,4-5,8,10,12-14,16,20,28H,3,6,11,15H2,1H3,(H,29,30,31). The van der Waals surface area contributed by atoms with Gasteiger partial charge in [0.25, 0.3) is 0 Å². The minimum Gasteiger partial charge on any atom is -0.489 e. The van der Waals surface area contributed by atoms with Crippen molar-refractivity contribution < 1.29 is 9.13 Å². The zero-order valence-electron chi connectivity index (χ0n) is 18.2. The molecule has 2 N–H and O–H groups in total. The van der Waals surface area contributed by atoms with Gasteiger partial charge in [-0.15, -0.1) is 11.3 Å². The number of ether oxygens (including phenoxy) is 1. The summed E-state index contributed by atoms with van der Waals surface area (Å²) in [5.74, 6) is 7.85. The van der Waals surface area contributed by atoms with E-state index >= 15 is 0 Å². The van der Waals surface area contributed by atoms with Gasteiger partial charge in [0, 0.05) is 5.69 Å². The summed E-state index contributed by atoms with van der Waals surface area (Å²) in [6.45, 7) is 3.34. The number of nitrogens with one attached hydrogen (secondary N) is 2. The molecule has 0 bridgehead atoms. The number of rotatable bonds is 5. The molecule has 1 unspecified atom stereocenters. The molecular weight excluding hydrogens is 435 g/mol. The van der Waals surface area contributed by atoms with Crippen LogP contribution in [0.5, 0.6) is 5.75 Å². The van der Waals surface area contributed by atoms with Crippen molar-refractivity contribution in [1.29, 1.82) is 0 Å². The predicted octanol–water partition coefficient (Wildman–Crippen LogP) is 5.56. The maximum atomic E-state index is 13.4. The molecule has 5 rings (SSSR count). The van der Waals surface area contributed by atoms with Crippen molar-refractivity contribution >= 4 is 33.1 Å². The van der Waals surface area contributed by atoms with Crippen LogP contribution in [0.15, 0.2) is 54.9 Å². The zero-order valence-corrected chi connectivity index (χ0v) is 19.0. The normalized spacial score (nSPS) is 15.3. The van der Waals surface area contributed by atoms with Crippen LogP contribution in [0.25, 0.3) is 10.2 Å². The molecular formula is C26H23FN4OS. The fraction of sp³-hybridized carbons (Fsp3) is 0.231. The third-order valence-corrected chi connectivity index (χ3v) is 6.51. The van der Waals surface area contributed by atoms with Crippen LogP contribution in [-0.4, -0.2) is 22.6 Å². The Hall–Kier alpha value is -3.47. The first kappa shape index (κ1) is 21.4. The fourth-order valence-electron chi connectivity index (χ4n) is 3.78. The molecule has 2 aromatic carbocycles. The Kier molecular flexibility index (Phi) is 6.20. The Bertz CT molecular complexity index is 1350. The Morgan fingerprint density at radius 2 is 2.15 bits per heavy atom. The Balaban J connectivity index is 1.31. The van der Waals surface area contributed by atoms with Gasteiger partial charge in [0.05, 0.1) is 21.1 Å². The highest BCUT2D eigenvalue weighted by Crippen LogP contribution is 2.32. The first-order valence-corrected chi connectivity index (χ1v) is 11.7. The molecule has 5 nitrogen and oxygen atoms in total. The van der Waals surface area contributed by atoms with Crippen molar-refractivity contribution in [2.45, 2.75) is 32.4 Å². The van der Waals surface area contributed by atoms with E-state index in [1.165, 1.54) is 18.6 Å². The summed E-state index contributed by atoms with van der Waals surface area (Å²) in [5, 5.41) is 6.80. The molecule has 33 heavy (non-hydrogen) atoms. The molecule has 0 amide bonds. The van der Waals surface area contributed by atoms with Crippen LogP contribution in [0.4, 0.5) is 15.9 Å². The van der Waals surface area contributed by atoms with Crippen molar-refractivity contribution in [3.05, 3.63) is 76.7 Å². The minimum atomic E-state index is -0.263. The predicted molar refractivity (Wildman–Crippen MR) is 131 cm³/mol. The summed E-state index contributed by atoms with van der Waals surface area (Å²) in [6.07, 6.45) is 3.85. The Morgan fingerprint density at radius 3 is 2.97 bits per heavy atom. The summed E-state index contributed by atoms with van der Waals surface area (Å²) in [5.41, 5.74) is 3.55. The first-order valence-electron chi connectivity index (χ1n) is 10.9. The van der Waals surface area contributed by atoms with Crippen LogP contribution in [0.2, 0.25) is 0 Å². The number of aryl methyl sites for hydroxylation is 1. The molecule has 0 spiro atoms. The molecule has 1 fully saturated rings. The summed E-state index contributed by atoms with van der Waals surface area (Å²) in [6, 6.07) is 14.6. The number of hydrogen-bond donors (Lipinski definition) is 2. The second-order valence-electron chi connectivity index (χ2n) is 7.99. The first-order chi connectivity index (χ1) is 16.1. The molecule has 1 aliphatic rings. The molecule has 2 aromatic heterocycles. The molecule has 1 saturated heterocycles. The third-order valence-electron chi connectivity index (χ3n) is 5.46. The van der Waals surface area contributed by atoms with E-state index in [1.807, 2.05) is 37.3 Å². The lowest BCUT2D eigenvalue weighted by atomic mass is 10.2. The second-order valence-corrected chi connectivity index (χ2v) is 9.04. The lowest BCUT2D eigenvalue weighted by Crippen LogP contribution is -2.18. The third kappa shape index (κ3) is 5.14. The number of benzene rings is 2. The molecule has 0 saturated carbocycles. The van der Waals surface area contributed by atoms with Gasteiger partial charge in [0.2, 0.25) is 0 Å². The molecule has 1 aliphatic heterocycles. The number of nitrogens with zero attached hydrogens (tertiary/aromatic N) is 2. The van der Waals surface area contributed by atoms with Crippen molar-refractivity contribution in [2.75, 3.05) is 11.9 Å². The van der Waals surface area contributed by atoms with E-state index in [0.717, 1.165) is 56.4 Å². The van der Waals surface area contributed by atoms with E-state index in [1.54, 1.807) is 23.7 Å². The van der Waals surface area contributed by atoms with Gasteiger partial charge in [-0.3, -0.25) is 0 Å². The number of aromatic nitrogens is 2. The number of fused-ring (bicyclic) bond motifs is 1. The Morgan fingerprint density at radius 1 is 1.21 bits per heavy atom. The molecule has 166 valence electrons. The van der Waals surface area contributed by atoms with Crippen LogP contribution in [0.1, 0.15) is 28.8 Å².